The number of benzene rings is 1. The molecule has 0 radical (unpaired) electrons. The van der Waals surface area contributed by atoms with Crippen molar-refractivity contribution in [2.75, 3.05) is 13.1 Å². The van der Waals surface area contributed by atoms with E-state index in [-0.39, 0.29) is 36.8 Å². The first kappa shape index (κ1) is 17.7. The van der Waals surface area contributed by atoms with Gasteiger partial charge in [0.05, 0.1) is 17.4 Å². The van der Waals surface area contributed by atoms with Crippen LogP contribution in [0.2, 0.25) is 0 Å². The number of hydrogen-bond acceptors (Lipinski definition) is 3. The third kappa shape index (κ3) is 3.12. The fourth-order valence-corrected chi connectivity index (χ4v) is 2.68. The van der Waals surface area contributed by atoms with E-state index < -0.39 is 5.82 Å². The van der Waals surface area contributed by atoms with Crippen molar-refractivity contribution in [3.8, 4) is 0 Å². The van der Waals surface area contributed by atoms with Crippen molar-refractivity contribution in [3.63, 3.8) is 0 Å². The van der Waals surface area contributed by atoms with Gasteiger partial charge in [0, 0.05) is 19.1 Å². The molecule has 3 rings (SSSR count). The summed E-state index contributed by atoms with van der Waals surface area (Å²) in [4.78, 5) is 21.2. The van der Waals surface area contributed by atoms with Crippen LogP contribution in [0.25, 0.3) is 11.0 Å². The van der Waals surface area contributed by atoms with Gasteiger partial charge in [-0.05, 0) is 25.0 Å². The largest absolute Gasteiger partial charge is 0.344 e. The molecule has 1 aliphatic heterocycles. The maximum absolute atomic E-state index is 13.6. The summed E-state index contributed by atoms with van der Waals surface area (Å²) in [5, 5.41) is 0. The van der Waals surface area contributed by atoms with Gasteiger partial charge in [0.15, 0.2) is 0 Å². The Morgan fingerprint density at radius 3 is 2.95 bits per heavy atom. The number of carbonyl (C=O) groups excluding carboxylic acids is 1. The first-order valence-corrected chi connectivity index (χ1v) is 6.34. The number of amides is 1. The minimum absolute atomic E-state index is 0. The first-order chi connectivity index (χ1) is 9.20. The summed E-state index contributed by atoms with van der Waals surface area (Å²) in [6.07, 6.45) is 3.30. The van der Waals surface area contributed by atoms with Crippen molar-refractivity contribution in [3.05, 3.63) is 29.8 Å². The maximum atomic E-state index is 13.6. The number of imidazole rings is 1. The van der Waals surface area contributed by atoms with Crippen LogP contribution in [-0.2, 0) is 0 Å². The van der Waals surface area contributed by atoms with Gasteiger partial charge in [-0.25, -0.2) is 9.37 Å². The molecule has 2 heterocycles. The van der Waals surface area contributed by atoms with E-state index in [4.69, 9.17) is 5.73 Å². The molecule has 116 valence electrons. The van der Waals surface area contributed by atoms with Crippen LogP contribution in [0.15, 0.2) is 18.5 Å². The molecule has 1 fully saturated rings. The molecule has 3 N–H and O–H groups in total. The Bertz CT molecular complexity index is 634. The summed E-state index contributed by atoms with van der Waals surface area (Å²) >= 11 is 0. The highest BCUT2D eigenvalue weighted by atomic mass is 35.5. The van der Waals surface area contributed by atoms with Gasteiger partial charge in [-0.3, -0.25) is 4.79 Å². The van der Waals surface area contributed by atoms with Gasteiger partial charge in [-0.2, -0.15) is 0 Å². The van der Waals surface area contributed by atoms with E-state index in [9.17, 15) is 9.18 Å². The highest BCUT2D eigenvalue weighted by molar-refractivity contribution is 6.05. The molecular formula is C13H17Cl2FN4O. The number of nitrogens with two attached hydrogens (primary N) is 1. The smallest absolute Gasteiger partial charge is 0.256 e. The van der Waals surface area contributed by atoms with E-state index in [0.717, 1.165) is 12.8 Å². The van der Waals surface area contributed by atoms with Crippen LogP contribution in [0.3, 0.4) is 0 Å². The second kappa shape index (κ2) is 7.06. The zero-order chi connectivity index (χ0) is 13.4. The minimum Gasteiger partial charge on any atom is -0.344 e. The van der Waals surface area contributed by atoms with Gasteiger partial charge >= 0.3 is 0 Å². The molecule has 2 aromatic rings. The number of rotatable bonds is 2. The highest BCUT2D eigenvalue weighted by Crippen LogP contribution is 2.23. The lowest BCUT2D eigenvalue weighted by Gasteiger charge is -2.23. The quantitative estimate of drug-likeness (QED) is 0.883. The van der Waals surface area contributed by atoms with Gasteiger partial charge in [0.1, 0.15) is 11.3 Å². The predicted molar refractivity (Wildman–Crippen MR) is 83.7 cm³/mol. The number of hydrogen-bond donors (Lipinski definition) is 2. The van der Waals surface area contributed by atoms with Crippen LogP contribution >= 0.6 is 24.8 Å². The Balaban J connectivity index is 0.00000110. The van der Waals surface area contributed by atoms with Crippen molar-refractivity contribution in [1.29, 1.82) is 0 Å². The van der Waals surface area contributed by atoms with E-state index in [1.165, 1.54) is 18.5 Å². The SMILES string of the molecule is Cl.Cl.NCC1CCCN1C(=O)c1cc(F)cc2[nH]cnc12. The summed E-state index contributed by atoms with van der Waals surface area (Å²) in [6.45, 7) is 1.11. The van der Waals surface area contributed by atoms with E-state index in [1.807, 2.05) is 0 Å². The van der Waals surface area contributed by atoms with E-state index in [2.05, 4.69) is 9.97 Å². The third-order valence-electron chi connectivity index (χ3n) is 3.63. The Kier molecular flexibility index (Phi) is 5.95. The number of nitrogens with zero attached hydrogens (tertiary/aromatic N) is 2. The lowest BCUT2D eigenvalue weighted by atomic mass is 10.1. The second-order valence-electron chi connectivity index (χ2n) is 4.78. The second-order valence-corrected chi connectivity index (χ2v) is 4.78. The zero-order valence-corrected chi connectivity index (χ0v) is 12.8. The molecule has 1 amide bonds. The van der Waals surface area contributed by atoms with Crippen LogP contribution in [0, 0.1) is 5.82 Å². The maximum Gasteiger partial charge on any atom is 0.256 e. The summed E-state index contributed by atoms with van der Waals surface area (Å²) < 4.78 is 13.6. The molecule has 1 saturated heterocycles. The standard InChI is InChI=1S/C13H15FN4O.2ClH/c14-8-4-10(12-11(5-8)16-7-17-12)13(19)18-3-1-2-9(18)6-15;;/h4-5,7,9H,1-3,6,15H2,(H,16,17);2*1H. The number of nitrogens with one attached hydrogen (secondary N) is 1. The normalized spacial score (nSPS) is 17.4. The molecule has 1 unspecified atom stereocenters. The Morgan fingerprint density at radius 1 is 1.48 bits per heavy atom. The average Bonchev–Trinajstić information content (AvgIpc) is 3.04. The van der Waals surface area contributed by atoms with Gasteiger partial charge < -0.3 is 15.6 Å². The highest BCUT2D eigenvalue weighted by Gasteiger charge is 2.29. The lowest BCUT2D eigenvalue weighted by Crippen LogP contribution is -2.40. The molecule has 21 heavy (non-hydrogen) atoms. The summed E-state index contributed by atoms with van der Waals surface area (Å²) in [5.74, 6) is -0.631. The Morgan fingerprint density at radius 2 is 2.24 bits per heavy atom. The number of aromatic amines is 1. The molecule has 1 aromatic heterocycles. The van der Waals surface area contributed by atoms with E-state index in [1.54, 1.807) is 4.90 Å². The molecule has 0 aliphatic carbocycles. The molecule has 5 nitrogen and oxygen atoms in total. The number of likely N-dealkylation sites (tertiary alicyclic amines) is 1. The van der Waals surface area contributed by atoms with Crippen molar-refractivity contribution in [2.45, 2.75) is 18.9 Å². The topological polar surface area (TPSA) is 75.0 Å². The lowest BCUT2D eigenvalue weighted by molar-refractivity contribution is 0.0742. The van der Waals surface area contributed by atoms with Crippen LogP contribution in [0.5, 0.6) is 0 Å². The monoisotopic (exact) mass is 334 g/mol. The number of H-pyrrole nitrogens is 1. The van der Waals surface area contributed by atoms with Crippen LogP contribution in [0.4, 0.5) is 4.39 Å². The fourth-order valence-electron chi connectivity index (χ4n) is 2.68. The van der Waals surface area contributed by atoms with Gasteiger partial charge in [-0.15, -0.1) is 24.8 Å². The third-order valence-corrected chi connectivity index (χ3v) is 3.63. The van der Waals surface area contributed by atoms with Crippen LogP contribution < -0.4 is 5.73 Å². The molecule has 1 aromatic carbocycles. The summed E-state index contributed by atoms with van der Waals surface area (Å²) in [7, 11) is 0. The number of halogens is 3. The number of fused-ring (bicyclic) bond motifs is 1. The molecule has 0 spiro atoms. The van der Waals surface area contributed by atoms with Crippen LogP contribution in [-0.4, -0.2) is 39.9 Å². The minimum atomic E-state index is -0.441. The molecule has 0 saturated carbocycles. The van der Waals surface area contributed by atoms with Crippen molar-refractivity contribution in [2.24, 2.45) is 5.73 Å². The number of carbonyl (C=O) groups is 1. The molecule has 1 atom stereocenters. The molecule has 0 bridgehead atoms. The van der Waals surface area contributed by atoms with Crippen molar-refractivity contribution >= 4 is 41.8 Å². The van der Waals surface area contributed by atoms with Gasteiger partial charge in [0.2, 0.25) is 0 Å². The van der Waals surface area contributed by atoms with Gasteiger partial charge in [-0.1, -0.05) is 0 Å². The predicted octanol–water partition coefficient (Wildman–Crippen LogP) is 2.11. The summed E-state index contributed by atoms with van der Waals surface area (Å²) in [5.41, 5.74) is 7.02. The van der Waals surface area contributed by atoms with Gasteiger partial charge in [0.25, 0.3) is 5.91 Å². The molecule has 1 aliphatic rings. The molecule has 8 heteroatoms. The Hall–Kier alpha value is -1.37. The van der Waals surface area contributed by atoms with E-state index in [0.29, 0.717) is 29.7 Å². The van der Waals surface area contributed by atoms with Crippen molar-refractivity contribution in [1.82, 2.24) is 14.9 Å². The van der Waals surface area contributed by atoms with Crippen molar-refractivity contribution < 1.29 is 9.18 Å². The summed E-state index contributed by atoms with van der Waals surface area (Å²) in [6, 6.07) is 2.63. The molecular weight excluding hydrogens is 318 g/mol. The zero-order valence-electron chi connectivity index (χ0n) is 11.2. The van der Waals surface area contributed by atoms with Crippen LogP contribution in [0.1, 0.15) is 23.2 Å². The number of aromatic nitrogens is 2. The fraction of sp³-hybridized carbons (Fsp3) is 0.385. The first-order valence-electron chi connectivity index (χ1n) is 6.34. The van der Waals surface area contributed by atoms with E-state index >= 15 is 0 Å². The Labute approximate surface area is 133 Å². The average molecular weight is 335 g/mol.